The highest BCUT2D eigenvalue weighted by Gasteiger charge is 2.15. The van der Waals surface area contributed by atoms with Crippen molar-refractivity contribution in [3.05, 3.63) is 46.4 Å². The zero-order valence-electron chi connectivity index (χ0n) is 9.68. The third kappa shape index (κ3) is 1.93. The minimum Gasteiger partial charge on any atom is -0.480 e. The summed E-state index contributed by atoms with van der Waals surface area (Å²) in [7, 11) is 0. The Morgan fingerprint density at radius 3 is 2.71 bits per heavy atom. The highest BCUT2D eigenvalue weighted by atomic mass is 16.4. The molecule has 1 N–H and O–H groups in total. The lowest BCUT2D eigenvalue weighted by molar-refractivity contribution is -0.140. The van der Waals surface area contributed by atoms with Crippen LogP contribution in [0.25, 0.3) is 10.8 Å². The fraction of sp³-hybridized carbons (Fsp3) is 0.231. The molecule has 17 heavy (non-hydrogen) atoms. The molecular weight excluding hydrogens is 218 g/mol. The summed E-state index contributed by atoms with van der Waals surface area (Å²) >= 11 is 0. The quantitative estimate of drug-likeness (QED) is 0.859. The van der Waals surface area contributed by atoms with Gasteiger partial charge >= 0.3 is 5.97 Å². The molecule has 4 nitrogen and oxygen atoms in total. The largest absolute Gasteiger partial charge is 0.480 e. The fourth-order valence-electron chi connectivity index (χ4n) is 1.81. The Morgan fingerprint density at radius 2 is 2.06 bits per heavy atom. The van der Waals surface area contributed by atoms with Crippen LogP contribution in [0.15, 0.2) is 35.3 Å². The van der Waals surface area contributed by atoms with Crippen LogP contribution in [0, 0.1) is 6.92 Å². The number of rotatable bonds is 2. The van der Waals surface area contributed by atoms with Crippen LogP contribution < -0.4 is 5.56 Å². The van der Waals surface area contributed by atoms with Crippen LogP contribution in [0.3, 0.4) is 0 Å². The average Bonchev–Trinajstić information content (AvgIpc) is 2.28. The van der Waals surface area contributed by atoms with Gasteiger partial charge in [-0.25, -0.2) is 4.79 Å². The molecule has 0 fully saturated rings. The summed E-state index contributed by atoms with van der Waals surface area (Å²) in [5, 5.41) is 10.3. The van der Waals surface area contributed by atoms with E-state index in [1.165, 1.54) is 17.7 Å². The van der Waals surface area contributed by atoms with Crippen LogP contribution in [0.5, 0.6) is 0 Å². The van der Waals surface area contributed by atoms with E-state index in [0.29, 0.717) is 5.39 Å². The van der Waals surface area contributed by atoms with Crippen molar-refractivity contribution in [2.75, 3.05) is 0 Å². The van der Waals surface area contributed by atoms with E-state index in [2.05, 4.69) is 0 Å². The molecule has 0 saturated carbocycles. The Bertz CT molecular complexity index is 643. The maximum absolute atomic E-state index is 12.1. The summed E-state index contributed by atoms with van der Waals surface area (Å²) in [5.74, 6) is -1.02. The van der Waals surface area contributed by atoms with Crippen molar-refractivity contribution >= 4 is 16.7 Å². The van der Waals surface area contributed by atoms with Gasteiger partial charge in [0.2, 0.25) is 0 Å². The van der Waals surface area contributed by atoms with E-state index in [1.807, 2.05) is 19.1 Å². The van der Waals surface area contributed by atoms with Crippen molar-refractivity contribution < 1.29 is 9.90 Å². The van der Waals surface area contributed by atoms with Gasteiger partial charge in [-0.1, -0.05) is 17.7 Å². The summed E-state index contributed by atoms with van der Waals surface area (Å²) in [4.78, 5) is 23.0. The zero-order valence-corrected chi connectivity index (χ0v) is 9.68. The van der Waals surface area contributed by atoms with E-state index >= 15 is 0 Å². The number of carbonyl (C=O) groups is 1. The number of hydrogen-bond donors (Lipinski definition) is 1. The predicted molar refractivity (Wildman–Crippen MR) is 65.3 cm³/mol. The number of hydrogen-bond acceptors (Lipinski definition) is 2. The molecule has 0 amide bonds. The molecule has 0 bridgehead atoms. The molecule has 2 aromatic rings. The van der Waals surface area contributed by atoms with Crippen molar-refractivity contribution in [3.8, 4) is 0 Å². The van der Waals surface area contributed by atoms with E-state index in [0.717, 1.165) is 10.9 Å². The number of aromatic nitrogens is 1. The second-order valence-electron chi connectivity index (χ2n) is 4.13. The molecule has 1 aromatic heterocycles. The van der Waals surface area contributed by atoms with Crippen LogP contribution in [-0.4, -0.2) is 15.6 Å². The standard InChI is InChI=1S/C13H13NO3/c1-8-3-4-11-10(7-8)5-6-14(12(11)15)9(2)13(16)17/h3-7,9H,1-2H3,(H,16,17). The van der Waals surface area contributed by atoms with Crippen LogP contribution in [0.4, 0.5) is 0 Å². The first kappa shape index (κ1) is 11.4. The lowest BCUT2D eigenvalue weighted by atomic mass is 10.1. The Balaban J connectivity index is 2.70. The second kappa shape index (κ2) is 4.05. The maximum Gasteiger partial charge on any atom is 0.326 e. The second-order valence-corrected chi connectivity index (χ2v) is 4.13. The van der Waals surface area contributed by atoms with Crippen molar-refractivity contribution in [3.63, 3.8) is 0 Å². The molecule has 1 aromatic carbocycles. The van der Waals surface area contributed by atoms with Crippen LogP contribution in [0.2, 0.25) is 0 Å². The predicted octanol–water partition coefficient (Wildman–Crippen LogP) is 1.96. The van der Waals surface area contributed by atoms with Gasteiger partial charge in [0.1, 0.15) is 6.04 Å². The minimum atomic E-state index is -1.02. The number of carboxylic acid groups (broad SMARTS) is 1. The van der Waals surface area contributed by atoms with Crippen molar-refractivity contribution in [1.82, 2.24) is 4.57 Å². The van der Waals surface area contributed by atoms with E-state index in [-0.39, 0.29) is 5.56 Å². The van der Waals surface area contributed by atoms with Gasteiger partial charge in [-0.15, -0.1) is 0 Å². The fourth-order valence-corrected chi connectivity index (χ4v) is 1.81. The van der Waals surface area contributed by atoms with Gasteiger partial charge in [-0.2, -0.15) is 0 Å². The number of pyridine rings is 1. The lowest BCUT2D eigenvalue weighted by Gasteiger charge is -2.11. The maximum atomic E-state index is 12.1. The molecule has 88 valence electrons. The van der Waals surface area contributed by atoms with E-state index in [1.54, 1.807) is 12.1 Å². The smallest absolute Gasteiger partial charge is 0.326 e. The number of aliphatic carboxylic acids is 1. The summed E-state index contributed by atoms with van der Waals surface area (Å²) < 4.78 is 1.24. The molecule has 1 heterocycles. The molecule has 0 saturated heterocycles. The lowest BCUT2D eigenvalue weighted by Crippen LogP contribution is -2.27. The molecule has 0 aliphatic carbocycles. The Morgan fingerprint density at radius 1 is 1.35 bits per heavy atom. The van der Waals surface area contributed by atoms with Gasteiger partial charge in [0.25, 0.3) is 5.56 Å². The zero-order chi connectivity index (χ0) is 12.6. The number of carboxylic acids is 1. The molecule has 4 heteroatoms. The molecule has 1 unspecified atom stereocenters. The number of nitrogens with zero attached hydrogens (tertiary/aromatic N) is 1. The summed E-state index contributed by atoms with van der Waals surface area (Å²) in [5.41, 5.74) is 0.804. The Labute approximate surface area is 98.1 Å². The summed E-state index contributed by atoms with van der Waals surface area (Å²) in [6, 6.07) is 6.40. The van der Waals surface area contributed by atoms with E-state index < -0.39 is 12.0 Å². The monoisotopic (exact) mass is 231 g/mol. The molecule has 0 spiro atoms. The highest BCUT2D eigenvalue weighted by Crippen LogP contribution is 2.13. The first-order chi connectivity index (χ1) is 8.00. The first-order valence-electron chi connectivity index (χ1n) is 5.35. The Hall–Kier alpha value is -2.10. The molecule has 0 aliphatic rings. The van der Waals surface area contributed by atoms with Gasteiger partial charge in [-0.05, 0) is 31.4 Å². The third-order valence-electron chi connectivity index (χ3n) is 2.86. The molecular formula is C13H13NO3. The minimum absolute atomic E-state index is 0.266. The first-order valence-corrected chi connectivity index (χ1v) is 5.35. The van der Waals surface area contributed by atoms with Crippen LogP contribution >= 0.6 is 0 Å². The van der Waals surface area contributed by atoms with E-state index in [9.17, 15) is 9.59 Å². The van der Waals surface area contributed by atoms with Crippen LogP contribution in [0.1, 0.15) is 18.5 Å². The molecule has 2 rings (SSSR count). The van der Waals surface area contributed by atoms with Crippen molar-refractivity contribution in [1.29, 1.82) is 0 Å². The molecule has 1 atom stereocenters. The molecule has 0 aliphatic heterocycles. The third-order valence-corrected chi connectivity index (χ3v) is 2.86. The topological polar surface area (TPSA) is 59.3 Å². The average molecular weight is 231 g/mol. The SMILES string of the molecule is Cc1ccc2c(=O)n(C(C)C(=O)O)ccc2c1. The highest BCUT2D eigenvalue weighted by molar-refractivity contribution is 5.82. The Kier molecular flexibility index (Phi) is 2.71. The number of benzene rings is 1. The van der Waals surface area contributed by atoms with Crippen molar-refractivity contribution in [2.45, 2.75) is 19.9 Å². The van der Waals surface area contributed by atoms with E-state index in [4.69, 9.17) is 5.11 Å². The summed E-state index contributed by atoms with van der Waals surface area (Å²) in [6.07, 6.45) is 1.53. The number of aryl methyl sites for hydroxylation is 1. The van der Waals surface area contributed by atoms with Gasteiger partial charge < -0.3 is 9.67 Å². The van der Waals surface area contributed by atoms with Crippen LogP contribution in [-0.2, 0) is 4.79 Å². The normalized spacial score (nSPS) is 12.6. The van der Waals surface area contributed by atoms with Gasteiger partial charge in [0.05, 0.1) is 0 Å². The molecule has 0 radical (unpaired) electrons. The van der Waals surface area contributed by atoms with Gasteiger partial charge in [-0.3, -0.25) is 4.79 Å². The summed E-state index contributed by atoms with van der Waals surface area (Å²) in [6.45, 7) is 3.44. The number of fused-ring (bicyclic) bond motifs is 1. The van der Waals surface area contributed by atoms with Crippen molar-refractivity contribution in [2.24, 2.45) is 0 Å². The van der Waals surface area contributed by atoms with Gasteiger partial charge in [0, 0.05) is 11.6 Å². The van der Waals surface area contributed by atoms with Gasteiger partial charge in [0.15, 0.2) is 0 Å².